The van der Waals surface area contributed by atoms with Crippen LogP contribution in [0.3, 0.4) is 0 Å². The van der Waals surface area contributed by atoms with E-state index in [4.69, 9.17) is 0 Å². The fraction of sp³-hybridized carbons (Fsp3) is 0.750. The molecule has 0 heterocycles. The molecule has 0 aliphatic rings. The lowest BCUT2D eigenvalue weighted by Gasteiger charge is -2.22. The van der Waals surface area contributed by atoms with Gasteiger partial charge in [0.05, 0.1) is 0 Å². The lowest BCUT2D eigenvalue weighted by atomic mass is 10.1. The van der Waals surface area contributed by atoms with Gasteiger partial charge in [0.1, 0.15) is 0 Å². The highest BCUT2D eigenvalue weighted by Gasteiger charge is 2.05. The predicted octanol–water partition coefficient (Wildman–Crippen LogP) is 1.90. The highest BCUT2D eigenvalue weighted by molar-refractivity contribution is 4.98. The van der Waals surface area contributed by atoms with E-state index in [1.165, 1.54) is 5.57 Å². The summed E-state index contributed by atoms with van der Waals surface area (Å²) in [5.41, 5.74) is 1.24. The number of rotatable bonds is 3. The molecule has 0 amide bonds. The monoisotopic (exact) mass is 127 g/mol. The van der Waals surface area contributed by atoms with Gasteiger partial charge in [-0.25, -0.2) is 0 Å². The third kappa shape index (κ3) is 2.66. The van der Waals surface area contributed by atoms with E-state index in [0.717, 1.165) is 6.54 Å². The lowest BCUT2D eigenvalue weighted by Crippen LogP contribution is -2.29. The van der Waals surface area contributed by atoms with Gasteiger partial charge in [-0.3, -0.25) is 0 Å². The molecule has 0 radical (unpaired) electrons. The quantitative estimate of drug-likeness (QED) is 0.523. The molecule has 0 aromatic carbocycles. The van der Waals surface area contributed by atoms with Crippen molar-refractivity contribution in [3.8, 4) is 0 Å². The minimum atomic E-state index is 0.523. The molecule has 0 fully saturated rings. The van der Waals surface area contributed by atoms with Gasteiger partial charge in [0.2, 0.25) is 0 Å². The number of likely N-dealkylation sites (N-methyl/N-ethyl adjacent to an activating group) is 1. The van der Waals surface area contributed by atoms with Crippen molar-refractivity contribution >= 4 is 0 Å². The fourth-order valence-electron chi connectivity index (χ4n) is 0.650. The summed E-state index contributed by atoms with van der Waals surface area (Å²) >= 11 is 0. The summed E-state index contributed by atoms with van der Waals surface area (Å²) in [6.07, 6.45) is 0. The average Bonchev–Trinajstić information content (AvgIpc) is 1.84. The van der Waals surface area contributed by atoms with Crippen molar-refractivity contribution in [3.05, 3.63) is 12.2 Å². The molecule has 0 saturated carbocycles. The maximum Gasteiger partial charge on any atom is 0.0270 e. The van der Waals surface area contributed by atoms with Crippen LogP contribution in [0.2, 0.25) is 0 Å². The molecule has 0 N–H and O–H groups in total. The van der Waals surface area contributed by atoms with E-state index in [-0.39, 0.29) is 0 Å². The van der Waals surface area contributed by atoms with Gasteiger partial charge >= 0.3 is 0 Å². The van der Waals surface area contributed by atoms with Gasteiger partial charge in [0, 0.05) is 6.04 Å². The molecule has 0 aromatic heterocycles. The van der Waals surface area contributed by atoms with E-state index in [1.54, 1.807) is 0 Å². The Balaban J connectivity index is 3.72. The van der Waals surface area contributed by atoms with E-state index in [1.807, 2.05) is 0 Å². The van der Waals surface area contributed by atoms with Crippen molar-refractivity contribution in [2.45, 2.75) is 26.8 Å². The standard InChI is InChI=1S/C8H17N/c1-6-9(5)8(4)7(2)3/h8H,2,6H2,1,3-5H3. The van der Waals surface area contributed by atoms with Crippen LogP contribution in [0.1, 0.15) is 20.8 Å². The SMILES string of the molecule is C=C(C)C(C)N(C)CC. The molecule has 1 unspecified atom stereocenters. The molecular formula is C8H17N. The minimum Gasteiger partial charge on any atom is -0.300 e. The molecule has 0 aromatic rings. The molecule has 0 bridgehead atoms. The molecule has 0 aliphatic heterocycles. The zero-order chi connectivity index (χ0) is 7.44. The highest BCUT2D eigenvalue weighted by atomic mass is 15.1. The maximum absolute atomic E-state index is 3.88. The first-order valence-corrected chi connectivity index (χ1v) is 3.45. The van der Waals surface area contributed by atoms with Gasteiger partial charge in [-0.2, -0.15) is 0 Å². The lowest BCUT2D eigenvalue weighted by molar-refractivity contribution is 0.303. The molecule has 0 aliphatic carbocycles. The first kappa shape index (κ1) is 8.70. The smallest absolute Gasteiger partial charge is 0.0270 e. The summed E-state index contributed by atoms with van der Waals surface area (Å²) in [4.78, 5) is 2.27. The van der Waals surface area contributed by atoms with Gasteiger partial charge in [-0.15, -0.1) is 0 Å². The summed E-state index contributed by atoms with van der Waals surface area (Å²) in [6.45, 7) is 11.4. The number of hydrogen-bond acceptors (Lipinski definition) is 1. The minimum absolute atomic E-state index is 0.523. The third-order valence-electron chi connectivity index (χ3n) is 1.87. The van der Waals surface area contributed by atoms with Crippen molar-refractivity contribution in [3.63, 3.8) is 0 Å². The normalized spacial score (nSPS) is 13.9. The van der Waals surface area contributed by atoms with Crippen LogP contribution < -0.4 is 0 Å². The van der Waals surface area contributed by atoms with Crippen molar-refractivity contribution in [1.29, 1.82) is 0 Å². The van der Waals surface area contributed by atoms with E-state index >= 15 is 0 Å². The molecule has 1 heteroatoms. The first-order valence-electron chi connectivity index (χ1n) is 3.45. The molecule has 9 heavy (non-hydrogen) atoms. The molecule has 1 nitrogen and oxygen atoms in total. The largest absolute Gasteiger partial charge is 0.300 e. The summed E-state index contributed by atoms with van der Waals surface area (Å²) in [5.74, 6) is 0. The van der Waals surface area contributed by atoms with Crippen LogP contribution in [0.4, 0.5) is 0 Å². The Hall–Kier alpha value is -0.300. The molecule has 0 rings (SSSR count). The Morgan fingerprint density at radius 1 is 1.67 bits per heavy atom. The van der Waals surface area contributed by atoms with E-state index < -0.39 is 0 Å². The van der Waals surface area contributed by atoms with Crippen LogP contribution in [-0.4, -0.2) is 24.5 Å². The van der Waals surface area contributed by atoms with Crippen molar-refractivity contribution in [2.24, 2.45) is 0 Å². The summed E-state index contributed by atoms with van der Waals surface area (Å²) in [6, 6.07) is 0.523. The van der Waals surface area contributed by atoms with Crippen LogP contribution in [-0.2, 0) is 0 Å². The van der Waals surface area contributed by atoms with Crippen LogP contribution >= 0.6 is 0 Å². The second-order valence-corrected chi connectivity index (χ2v) is 2.60. The van der Waals surface area contributed by atoms with Crippen LogP contribution in [0.15, 0.2) is 12.2 Å². The van der Waals surface area contributed by atoms with Gasteiger partial charge in [-0.05, 0) is 27.4 Å². The summed E-state index contributed by atoms with van der Waals surface area (Å²) < 4.78 is 0. The average molecular weight is 127 g/mol. The number of nitrogens with zero attached hydrogens (tertiary/aromatic N) is 1. The predicted molar refractivity (Wildman–Crippen MR) is 42.6 cm³/mol. The molecule has 54 valence electrons. The Labute approximate surface area is 58.4 Å². The van der Waals surface area contributed by atoms with Gasteiger partial charge in [0.25, 0.3) is 0 Å². The Bertz CT molecular complexity index is 96.7. The van der Waals surface area contributed by atoms with Crippen LogP contribution in [0.25, 0.3) is 0 Å². The second kappa shape index (κ2) is 3.67. The van der Waals surface area contributed by atoms with Crippen LogP contribution in [0.5, 0.6) is 0 Å². The maximum atomic E-state index is 3.88. The van der Waals surface area contributed by atoms with E-state index in [0.29, 0.717) is 6.04 Å². The molecular weight excluding hydrogens is 110 g/mol. The second-order valence-electron chi connectivity index (χ2n) is 2.60. The van der Waals surface area contributed by atoms with E-state index in [2.05, 4.69) is 39.3 Å². The molecule has 0 spiro atoms. The molecule has 1 atom stereocenters. The zero-order valence-electron chi connectivity index (χ0n) is 6.94. The van der Waals surface area contributed by atoms with Gasteiger partial charge in [-0.1, -0.05) is 19.1 Å². The summed E-state index contributed by atoms with van der Waals surface area (Å²) in [5, 5.41) is 0. The van der Waals surface area contributed by atoms with Crippen molar-refractivity contribution in [1.82, 2.24) is 4.90 Å². The Kier molecular flexibility index (Phi) is 3.55. The van der Waals surface area contributed by atoms with Crippen LogP contribution in [0, 0.1) is 0 Å². The van der Waals surface area contributed by atoms with Gasteiger partial charge < -0.3 is 4.90 Å². The zero-order valence-corrected chi connectivity index (χ0v) is 6.94. The molecule has 0 saturated heterocycles. The summed E-state index contributed by atoms with van der Waals surface area (Å²) in [7, 11) is 2.11. The Morgan fingerprint density at radius 2 is 2.11 bits per heavy atom. The first-order chi connectivity index (χ1) is 4.09. The van der Waals surface area contributed by atoms with E-state index in [9.17, 15) is 0 Å². The number of hydrogen-bond donors (Lipinski definition) is 0. The van der Waals surface area contributed by atoms with Gasteiger partial charge in [0.15, 0.2) is 0 Å². The topological polar surface area (TPSA) is 3.24 Å². The fourth-order valence-corrected chi connectivity index (χ4v) is 0.650. The highest BCUT2D eigenvalue weighted by Crippen LogP contribution is 2.03. The third-order valence-corrected chi connectivity index (χ3v) is 1.87. The van der Waals surface area contributed by atoms with Crippen molar-refractivity contribution < 1.29 is 0 Å². The Morgan fingerprint density at radius 3 is 2.22 bits per heavy atom. The van der Waals surface area contributed by atoms with Crippen molar-refractivity contribution in [2.75, 3.05) is 13.6 Å².